The number of hydrogen-bond donors (Lipinski definition) is 2. The molecule has 0 aromatic rings. The van der Waals surface area contributed by atoms with Crippen LogP contribution in [0.5, 0.6) is 0 Å². The van der Waals surface area contributed by atoms with Gasteiger partial charge in [0.2, 0.25) is 11.9 Å². The minimum Gasteiger partial charge on any atom is -0.481 e. The van der Waals surface area contributed by atoms with E-state index in [2.05, 4.69) is 11.6 Å². The van der Waals surface area contributed by atoms with Crippen molar-refractivity contribution in [2.45, 2.75) is 18.9 Å². The monoisotopic (exact) mass is 285 g/mol. The molecule has 0 aliphatic carbocycles. The highest BCUT2D eigenvalue weighted by Gasteiger charge is 2.41. The zero-order valence-electron chi connectivity index (χ0n) is 11.6. The molecule has 2 atom stereocenters. The van der Waals surface area contributed by atoms with Gasteiger partial charge in [0.25, 0.3) is 0 Å². The number of methoxy groups -OCH3 is 1. The van der Waals surface area contributed by atoms with E-state index in [1.54, 1.807) is 6.08 Å². The number of carbonyl (C=O) groups is 2. The van der Waals surface area contributed by atoms with Gasteiger partial charge in [-0.15, -0.1) is 6.58 Å². The maximum Gasteiger partial charge on any atom is 0.338 e. The average molecular weight is 285 g/mol. The van der Waals surface area contributed by atoms with Crippen LogP contribution in [0.4, 0.5) is 0 Å². The van der Waals surface area contributed by atoms with E-state index in [9.17, 15) is 9.59 Å². The molecule has 2 unspecified atom stereocenters. The number of aliphatic imine (C=N–C) groups is 1. The van der Waals surface area contributed by atoms with Crippen LogP contribution in [0.2, 0.25) is 0 Å². The first-order valence-electron chi connectivity index (χ1n) is 6.43. The van der Waals surface area contributed by atoms with Crippen molar-refractivity contribution in [3.8, 4) is 0 Å². The maximum atomic E-state index is 11.2. The molecule has 1 heterocycles. The Morgan fingerprint density at radius 3 is 2.75 bits per heavy atom. The molecule has 0 saturated heterocycles. The highest BCUT2D eigenvalue weighted by Crippen LogP contribution is 2.21. The minimum atomic E-state index is -1.05. The first-order valence-corrected chi connectivity index (χ1v) is 6.43. The molecule has 0 fully saturated rings. The van der Waals surface area contributed by atoms with Crippen LogP contribution in [0, 0.1) is 0 Å². The molecule has 2 N–H and O–H groups in total. The van der Waals surface area contributed by atoms with Crippen LogP contribution in [-0.2, 0) is 14.3 Å². The van der Waals surface area contributed by atoms with Crippen LogP contribution < -0.4 is 0 Å². The number of ether oxygens (including phenoxy) is 1. The molecule has 1 aliphatic rings. The third-order valence-corrected chi connectivity index (χ3v) is 3.53. The maximum absolute atomic E-state index is 11.2. The minimum absolute atomic E-state index is 0.0355. The summed E-state index contributed by atoms with van der Waals surface area (Å²) in [5.41, 5.74) is 0. The van der Waals surface area contributed by atoms with E-state index >= 15 is 0 Å². The summed E-state index contributed by atoms with van der Waals surface area (Å²) in [6.45, 7) is 5.33. The largest absolute Gasteiger partial charge is 0.481 e. The van der Waals surface area contributed by atoms with E-state index in [0.717, 1.165) is 5.84 Å². The summed E-state index contributed by atoms with van der Waals surface area (Å²) in [6, 6.07) is 0. The Morgan fingerprint density at radius 2 is 2.25 bits per heavy atom. The van der Waals surface area contributed by atoms with Gasteiger partial charge in [-0.25, -0.2) is 9.79 Å². The van der Waals surface area contributed by atoms with Gasteiger partial charge in [-0.2, -0.15) is 0 Å². The Hall–Kier alpha value is -1.73. The molecule has 1 aliphatic heterocycles. The Bertz CT molecular complexity index is 421. The van der Waals surface area contributed by atoms with Gasteiger partial charge < -0.3 is 14.9 Å². The van der Waals surface area contributed by atoms with Crippen LogP contribution in [0.3, 0.4) is 0 Å². The number of carboxylic acid groups (broad SMARTS) is 2. The summed E-state index contributed by atoms with van der Waals surface area (Å²) in [7, 11) is 1.34. The predicted molar refractivity (Wildman–Crippen MR) is 72.7 cm³/mol. The summed E-state index contributed by atoms with van der Waals surface area (Å²) in [6.07, 6.45) is 1.21. The molecule has 112 valence electrons. The van der Waals surface area contributed by atoms with Gasteiger partial charge in [0.15, 0.2) is 0 Å². The van der Waals surface area contributed by atoms with Gasteiger partial charge in [0, 0.05) is 7.11 Å². The fourth-order valence-electron chi connectivity index (χ4n) is 2.45. The van der Waals surface area contributed by atoms with E-state index in [1.807, 2.05) is 0 Å². The highest BCUT2D eigenvalue weighted by molar-refractivity contribution is 5.79. The molecular weight excluding hydrogens is 264 g/mol. The summed E-state index contributed by atoms with van der Waals surface area (Å²) < 4.78 is 5.24. The first kappa shape index (κ1) is 16.3. The number of nitrogens with zero attached hydrogens (tertiary/aromatic N) is 2. The second kappa shape index (κ2) is 7.16. The van der Waals surface area contributed by atoms with Gasteiger partial charge in [-0.3, -0.25) is 9.28 Å². The van der Waals surface area contributed by atoms with Crippen LogP contribution >= 0.6 is 0 Å². The van der Waals surface area contributed by atoms with E-state index in [4.69, 9.17) is 14.9 Å². The van der Waals surface area contributed by atoms with Crippen molar-refractivity contribution >= 4 is 17.8 Å². The Labute approximate surface area is 117 Å². The molecule has 0 spiro atoms. The first-order chi connectivity index (χ1) is 9.45. The molecule has 1 rings (SSSR count). The molecule has 0 aromatic carbocycles. The van der Waals surface area contributed by atoms with Crippen LogP contribution in [-0.4, -0.2) is 71.9 Å². The number of rotatable bonds is 9. The smallest absolute Gasteiger partial charge is 0.338 e. The van der Waals surface area contributed by atoms with E-state index in [1.165, 1.54) is 7.11 Å². The second-order valence-electron chi connectivity index (χ2n) is 4.77. The van der Waals surface area contributed by atoms with Crippen molar-refractivity contribution in [3.63, 3.8) is 0 Å². The van der Waals surface area contributed by atoms with Crippen LogP contribution in [0.15, 0.2) is 17.6 Å². The van der Waals surface area contributed by atoms with Crippen molar-refractivity contribution in [2.24, 2.45) is 4.99 Å². The molecular formula is C13H21N2O5+. The van der Waals surface area contributed by atoms with Gasteiger partial charge in [-0.1, -0.05) is 6.08 Å². The average Bonchev–Trinajstić information content (AvgIpc) is 2.77. The van der Waals surface area contributed by atoms with Gasteiger partial charge >= 0.3 is 11.9 Å². The quantitative estimate of drug-likeness (QED) is 0.471. The number of amidine groups is 1. The fourth-order valence-corrected chi connectivity index (χ4v) is 2.45. The zero-order valence-corrected chi connectivity index (χ0v) is 11.6. The van der Waals surface area contributed by atoms with Gasteiger partial charge in [-0.05, 0) is 0 Å². The van der Waals surface area contributed by atoms with E-state index < -0.39 is 18.0 Å². The molecule has 0 bridgehead atoms. The van der Waals surface area contributed by atoms with Crippen molar-refractivity contribution in [2.75, 3.05) is 33.3 Å². The number of carboxylic acids is 2. The molecule has 7 heteroatoms. The standard InChI is InChI=1S/C13H20N2O5/c1-3-4-11-14-6-8-15(11,7-5-12(16)17)9-10(20-2)13(18)19/h3,10H,1,4-9H2,2H3,(H-,16,17,18,19)/p+1. The highest BCUT2D eigenvalue weighted by atomic mass is 16.5. The Balaban J connectivity index is 2.94. The molecule has 0 saturated carbocycles. The SMILES string of the molecule is C=CCC1=NCC[N+]1(CCC(=O)O)CC(OC)C(=O)O. The molecule has 20 heavy (non-hydrogen) atoms. The van der Waals surface area contributed by atoms with E-state index in [-0.39, 0.29) is 17.4 Å². The Kier molecular flexibility index (Phi) is 5.84. The predicted octanol–water partition coefficient (Wildman–Crippen LogP) is 0.366. The van der Waals surface area contributed by atoms with Gasteiger partial charge in [0.1, 0.15) is 13.1 Å². The third kappa shape index (κ3) is 3.88. The Morgan fingerprint density at radius 1 is 1.55 bits per heavy atom. The second-order valence-corrected chi connectivity index (χ2v) is 4.77. The van der Waals surface area contributed by atoms with Crippen LogP contribution in [0.25, 0.3) is 0 Å². The lowest BCUT2D eigenvalue weighted by molar-refractivity contribution is -0.838. The summed E-state index contributed by atoms with van der Waals surface area (Å²) in [5.74, 6) is -1.17. The third-order valence-electron chi connectivity index (χ3n) is 3.53. The van der Waals surface area contributed by atoms with Gasteiger partial charge in [0.05, 0.1) is 25.9 Å². The number of aliphatic carboxylic acids is 2. The fraction of sp³-hybridized carbons (Fsp3) is 0.615. The van der Waals surface area contributed by atoms with Crippen molar-refractivity contribution in [1.29, 1.82) is 0 Å². The summed E-state index contributed by atoms with van der Waals surface area (Å²) in [5, 5.41) is 18.0. The number of quaternary nitrogens is 1. The van der Waals surface area contributed by atoms with Crippen molar-refractivity contribution in [1.82, 2.24) is 0 Å². The lowest BCUT2D eigenvalue weighted by Crippen LogP contribution is -2.57. The molecule has 0 radical (unpaired) electrons. The van der Waals surface area contributed by atoms with E-state index in [0.29, 0.717) is 26.1 Å². The lowest BCUT2D eigenvalue weighted by Gasteiger charge is -2.35. The van der Waals surface area contributed by atoms with Crippen molar-refractivity contribution in [3.05, 3.63) is 12.7 Å². The zero-order chi connectivity index (χ0) is 15.2. The lowest BCUT2D eigenvalue weighted by atomic mass is 10.2. The van der Waals surface area contributed by atoms with Crippen LogP contribution in [0.1, 0.15) is 12.8 Å². The van der Waals surface area contributed by atoms with Crippen molar-refractivity contribution < 1.29 is 29.0 Å². The summed E-state index contributed by atoms with van der Waals surface area (Å²) in [4.78, 5) is 26.4. The topological polar surface area (TPSA) is 96.2 Å². The molecule has 7 nitrogen and oxygen atoms in total. The number of hydrogen-bond acceptors (Lipinski definition) is 4. The molecule has 0 aromatic heterocycles. The normalized spacial score (nSPS) is 23.1. The molecule has 0 amide bonds. The summed E-state index contributed by atoms with van der Waals surface area (Å²) >= 11 is 0.